The standard InChI is InChI=1S/C12H15N5O/c1-13-11-5-3-4-10(16-11)12(18)14-8-9-6-7-15-17(9)2/h3-7H,8H2,1-2H3,(H,13,16)(H,14,18). The molecule has 18 heavy (non-hydrogen) atoms. The number of nitrogens with one attached hydrogen (secondary N) is 2. The number of nitrogens with zero attached hydrogens (tertiary/aromatic N) is 3. The molecule has 0 radical (unpaired) electrons. The van der Waals surface area contributed by atoms with Gasteiger partial charge in [0, 0.05) is 20.3 Å². The summed E-state index contributed by atoms with van der Waals surface area (Å²) in [6.45, 7) is 0.431. The van der Waals surface area contributed by atoms with Crippen LogP contribution in [0.1, 0.15) is 16.2 Å². The molecule has 0 saturated carbocycles. The molecule has 0 fully saturated rings. The van der Waals surface area contributed by atoms with Crippen molar-refractivity contribution in [2.75, 3.05) is 12.4 Å². The molecule has 0 spiro atoms. The molecule has 2 heterocycles. The molecule has 2 aromatic rings. The van der Waals surface area contributed by atoms with Gasteiger partial charge in [-0.1, -0.05) is 6.07 Å². The molecule has 0 aromatic carbocycles. The Morgan fingerprint density at radius 2 is 2.22 bits per heavy atom. The second kappa shape index (κ2) is 5.31. The SMILES string of the molecule is CNc1cccc(C(=O)NCc2ccnn2C)n1. The highest BCUT2D eigenvalue weighted by Crippen LogP contribution is 2.04. The maximum absolute atomic E-state index is 11.9. The van der Waals surface area contributed by atoms with Gasteiger partial charge in [0.05, 0.1) is 12.2 Å². The zero-order chi connectivity index (χ0) is 13.0. The molecule has 2 rings (SSSR count). The zero-order valence-electron chi connectivity index (χ0n) is 10.3. The van der Waals surface area contributed by atoms with Gasteiger partial charge in [-0.3, -0.25) is 9.48 Å². The highest BCUT2D eigenvalue weighted by atomic mass is 16.1. The van der Waals surface area contributed by atoms with Crippen LogP contribution in [0.5, 0.6) is 0 Å². The molecule has 0 aliphatic heterocycles. The molecule has 94 valence electrons. The van der Waals surface area contributed by atoms with Crippen LogP contribution in [0.3, 0.4) is 0 Å². The fourth-order valence-electron chi connectivity index (χ4n) is 1.54. The number of hydrogen-bond donors (Lipinski definition) is 2. The molecule has 0 atom stereocenters. The fourth-order valence-corrected chi connectivity index (χ4v) is 1.54. The van der Waals surface area contributed by atoms with Crippen LogP contribution in [0.25, 0.3) is 0 Å². The number of carbonyl (C=O) groups is 1. The number of aromatic nitrogens is 3. The van der Waals surface area contributed by atoms with Gasteiger partial charge in [-0.25, -0.2) is 4.98 Å². The number of carbonyl (C=O) groups excluding carboxylic acids is 1. The van der Waals surface area contributed by atoms with E-state index < -0.39 is 0 Å². The van der Waals surface area contributed by atoms with Crippen molar-refractivity contribution in [3.8, 4) is 0 Å². The van der Waals surface area contributed by atoms with Gasteiger partial charge in [0.15, 0.2) is 0 Å². The molecule has 1 amide bonds. The summed E-state index contributed by atoms with van der Waals surface area (Å²) in [4.78, 5) is 16.1. The van der Waals surface area contributed by atoms with E-state index in [0.717, 1.165) is 5.69 Å². The minimum Gasteiger partial charge on any atom is -0.373 e. The molecule has 0 bridgehead atoms. The van der Waals surface area contributed by atoms with E-state index in [-0.39, 0.29) is 5.91 Å². The third kappa shape index (κ3) is 2.65. The Labute approximate surface area is 105 Å². The summed E-state index contributed by atoms with van der Waals surface area (Å²) in [7, 11) is 3.60. The van der Waals surface area contributed by atoms with Crippen molar-refractivity contribution in [1.82, 2.24) is 20.1 Å². The minimum atomic E-state index is -0.201. The van der Waals surface area contributed by atoms with E-state index in [1.165, 1.54) is 0 Å². The Morgan fingerprint density at radius 1 is 1.39 bits per heavy atom. The highest BCUT2D eigenvalue weighted by Gasteiger charge is 2.08. The van der Waals surface area contributed by atoms with Crippen LogP contribution in [0.15, 0.2) is 30.5 Å². The van der Waals surface area contributed by atoms with E-state index in [4.69, 9.17) is 0 Å². The quantitative estimate of drug-likeness (QED) is 0.835. The van der Waals surface area contributed by atoms with Gasteiger partial charge in [0.1, 0.15) is 11.5 Å². The maximum atomic E-state index is 11.9. The number of amides is 1. The highest BCUT2D eigenvalue weighted by molar-refractivity contribution is 5.92. The normalized spacial score (nSPS) is 10.1. The van der Waals surface area contributed by atoms with Crippen molar-refractivity contribution in [1.29, 1.82) is 0 Å². The van der Waals surface area contributed by atoms with E-state index in [1.54, 1.807) is 36.1 Å². The average Bonchev–Trinajstić information content (AvgIpc) is 2.81. The smallest absolute Gasteiger partial charge is 0.270 e. The summed E-state index contributed by atoms with van der Waals surface area (Å²) < 4.78 is 1.72. The fraction of sp³-hybridized carbons (Fsp3) is 0.250. The van der Waals surface area contributed by atoms with E-state index in [9.17, 15) is 4.79 Å². The third-order valence-corrected chi connectivity index (χ3v) is 2.59. The van der Waals surface area contributed by atoms with Gasteiger partial charge in [0.25, 0.3) is 5.91 Å². The summed E-state index contributed by atoms with van der Waals surface area (Å²) in [5, 5.41) is 9.73. The van der Waals surface area contributed by atoms with Crippen molar-refractivity contribution < 1.29 is 4.79 Å². The minimum absolute atomic E-state index is 0.201. The Kier molecular flexibility index (Phi) is 3.57. The molecule has 6 nitrogen and oxygen atoms in total. The Balaban J connectivity index is 2.01. The largest absolute Gasteiger partial charge is 0.373 e. The average molecular weight is 245 g/mol. The lowest BCUT2D eigenvalue weighted by atomic mass is 10.3. The lowest BCUT2D eigenvalue weighted by molar-refractivity contribution is 0.0945. The molecular weight excluding hydrogens is 230 g/mol. The third-order valence-electron chi connectivity index (χ3n) is 2.59. The second-order valence-electron chi connectivity index (χ2n) is 3.79. The van der Waals surface area contributed by atoms with Crippen LogP contribution < -0.4 is 10.6 Å². The summed E-state index contributed by atoms with van der Waals surface area (Å²) in [5.41, 5.74) is 1.33. The molecule has 0 saturated heterocycles. The predicted octanol–water partition coefficient (Wildman–Crippen LogP) is 0.787. The first-order chi connectivity index (χ1) is 8.70. The summed E-state index contributed by atoms with van der Waals surface area (Å²) >= 11 is 0. The van der Waals surface area contributed by atoms with Crippen LogP contribution in [0.4, 0.5) is 5.82 Å². The lowest BCUT2D eigenvalue weighted by Gasteiger charge is -2.06. The van der Waals surface area contributed by atoms with Gasteiger partial charge in [-0.2, -0.15) is 5.10 Å². The number of hydrogen-bond acceptors (Lipinski definition) is 4. The van der Waals surface area contributed by atoms with E-state index in [1.807, 2.05) is 13.1 Å². The van der Waals surface area contributed by atoms with Crippen LogP contribution in [-0.4, -0.2) is 27.7 Å². The Bertz CT molecular complexity index is 549. The van der Waals surface area contributed by atoms with E-state index >= 15 is 0 Å². The van der Waals surface area contributed by atoms with Gasteiger partial charge in [0.2, 0.25) is 0 Å². The summed E-state index contributed by atoms with van der Waals surface area (Å²) in [6, 6.07) is 7.13. The number of aryl methyl sites for hydroxylation is 1. The van der Waals surface area contributed by atoms with Crippen molar-refractivity contribution in [3.05, 3.63) is 41.9 Å². The van der Waals surface area contributed by atoms with Crippen molar-refractivity contribution in [2.45, 2.75) is 6.54 Å². The van der Waals surface area contributed by atoms with Crippen molar-refractivity contribution >= 4 is 11.7 Å². The van der Waals surface area contributed by atoms with Crippen molar-refractivity contribution in [2.24, 2.45) is 7.05 Å². The molecule has 2 aromatic heterocycles. The lowest BCUT2D eigenvalue weighted by Crippen LogP contribution is -2.25. The summed E-state index contributed by atoms with van der Waals surface area (Å²) in [6.07, 6.45) is 1.70. The Morgan fingerprint density at radius 3 is 2.89 bits per heavy atom. The van der Waals surface area contributed by atoms with Gasteiger partial charge < -0.3 is 10.6 Å². The monoisotopic (exact) mass is 245 g/mol. The van der Waals surface area contributed by atoms with Crippen LogP contribution in [0.2, 0.25) is 0 Å². The first-order valence-corrected chi connectivity index (χ1v) is 5.60. The molecule has 0 aliphatic carbocycles. The zero-order valence-corrected chi connectivity index (χ0v) is 10.3. The topological polar surface area (TPSA) is 71.8 Å². The molecule has 0 unspecified atom stereocenters. The number of rotatable bonds is 4. The van der Waals surface area contributed by atoms with Crippen LogP contribution >= 0.6 is 0 Å². The molecular formula is C12H15N5O. The molecule has 6 heteroatoms. The Hall–Kier alpha value is -2.37. The molecule has 2 N–H and O–H groups in total. The van der Waals surface area contributed by atoms with Crippen LogP contribution in [-0.2, 0) is 13.6 Å². The molecule has 0 aliphatic rings. The number of anilines is 1. The van der Waals surface area contributed by atoms with Crippen LogP contribution in [0, 0.1) is 0 Å². The maximum Gasteiger partial charge on any atom is 0.270 e. The van der Waals surface area contributed by atoms with Gasteiger partial charge in [-0.15, -0.1) is 0 Å². The first kappa shape index (κ1) is 12.1. The van der Waals surface area contributed by atoms with E-state index in [0.29, 0.717) is 18.1 Å². The second-order valence-corrected chi connectivity index (χ2v) is 3.79. The summed E-state index contributed by atoms with van der Waals surface area (Å²) in [5.74, 6) is 0.469. The predicted molar refractivity (Wildman–Crippen MR) is 68.2 cm³/mol. The van der Waals surface area contributed by atoms with Gasteiger partial charge in [-0.05, 0) is 18.2 Å². The van der Waals surface area contributed by atoms with Gasteiger partial charge >= 0.3 is 0 Å². The van der Waals surface area contributed by atoms with Crippen molar-refractivity contribution in [3.63, 3.8) is 0 Å². The first-order valence-electron chi connectivity index (χ1n) is 5.60. The number of pyridine rings is 1. The van der Waals surface area contributed by atoms with E-state index in [2.05, 4.69) is 20.7 Å².